The Labute approximate surface area is 71.5 Å². The molecule has 0 saturated heterocycles. The fraction of sp³-hybridized carbons (Fsp3) is 0. The van der Waals surface area contributed by atoms with Gasteiger partial charge in [-0.15, -0.1) is 0 Å². The zero-order valence-electron chi connectivity index (χ0n) is 5.40. The van der Waals surface area contributed by atoms with Gasteiger partial charge in [0, 0.05) is 4.47 Å². The van der Waals surface area contributed by atoms with Gasteiger partial charge in [0.25, 0.3) is 0 Å². The predicted octanol–water partition coefficient (Wildman–Crippen LogP) is 2.07. The molecule has 0 saturated carbocycles. The maximum atomic E-state index is 12.8. The van der Waals surface area contributed by atoms with Crippen LogP contribution in [-0.2, 0) is 4.79 Å². The highest BCUT2D eigenvalue weighted by atomic mass is 79.9. The predicted molar refractivity (Wildman–Crippen MR) is 43.4 cm³/mol. The molecule has 0 atom stereocenters. The minimum Gasteiger partial charge on any atom is -0.315 e. The quantitative estimate of drug-likeness (QED) is 0.754. The summed E-state index contributed by atoms with van der Waals surface area (Å²) < 4.78 is 13.4. The van der Waals surface area contributed by atoms with E-state index in [2.05, 4.69) is 21.2 Å². The molecule has 0 aromatic heterocycles. The van der Waals surface area contributed by atoms with Crippen LogP contribution in [-0.4, -0.2) is 6.41 Å². The van der Waals surface area contributed by atoms with Crippen molar-refractivity contribution in [2.75, 3.05) is 5.32 Å². The lowest BCUT2D eigenvalue weighted by atomic mass is 10.3. The maximum absolute atomic E-state index is 12.8. The highest BCUT2D eigenvalue weighted by Gasteiger charge is 2.00. The standard InChI is InChI=1S/C7H4BrFNO/c8-5-1-2-7(10-4-11)6(9)3-5/h1-3H,(H,10,11). The average Bonchev–Trinajstić information content (AvgIpc) is 1.95. The molecule has 1 aromatic carbocycles. The monoisotopic (exact) mass is 216 g/mol. The molecule has 0 fully saturated rings. The minimum atomic E-state index is -0.484. The first-order chi connectivity index (χ1) is 5.24. The van der Waals surface area contributed by atoms with E-state index in [9.17, 15) is 9.18 Å². The highest BCUT2D eigenvalue weighted by molar-refractivity contribution is 9.10. The zero-order valence-corrected chi connectivity index (χ0v) is 6.98. The summed E-state index contributed by atoms with van der Waals surface area (Å²) in [5.74, 6) is -0.484. The van der Waals surface area contributed by atoms with Crippen molar-refractivity contribution in [2.45, 2.75) is 0 Å². The Morgan fingerprint density at radius 3 is 2.82 bits per heavy atom. The first-order valence-corrected chi connectivity index (χ1v) is 3.61. The van der Waals surface area contributed by atoms with Gasteiger partial charge in [-0.25, -0.2) is 4.39 Å². The molecule has 0 aliphatic carbocycles. The van der Waals surface area contributed by atoms with E-state index in [1.165, 1.54) is 18.5 Å². The third-order valence-electron chi connectivity index (χ3n) is 1.12. The molecule has 2 nitrogen and oxygen atoms in total. The van der Waals surface area contributed by atoms with E-state index in [1.807, 2.05) is 0 Å². The lowest BCUT2D eigenvalue weighted by Crippen LogP contribution is -1.95. The highest BCUT2D eigenvalue weighted by Crippen LogP contribution is 2.18. The van der Waals surface area contributed by atoms with Crippen molar-refractivity contribution in [3.63, 3.8) is 0 Å². The van der Waals surface area contributed by atoms with Gasteiger partial charge in [-0.05, 0) is 18.2 Å². The van der Waals surface area contributed by atoms with Gasteiger partial charge in [0.05, 0.1) is 5.69 Å². The Morgan fingerprint density at radius 2 is 2.27 bits per heavy atom. The van der Waals surface area contributed by atoms with Gasteiger partial charge in [-0.1, -0.05) is 15.9 Å². The summed E-state index contributed by atoms with van der Waals surface area (Å²) in [6.45, 7) is 0. The van der Waals surface area contributed by atoms with Gasteiger partial charge < -0.3 is 5.32 Å². The molecular weight excluding hydrogens is 213 g/mol. The van der Waals surface area contributed by atoms with Crippen LogP contribution in [0.3, 0.4) is 0 Å². The lowest BCUT2D eigenvalue weighted by molar-refractivity contribution is 0.560. The number of rotatable bonds is 2. The largest absolute Gasteiger partial charge is 0.315 e. The first kappa shape index (κ1) is 8.20. The van der Waals surface area contributed by atoms with E-state index in [-0.39, 0.29) is 5.69 Å². The van der Waals surface area contributed by atoms with Crippen LogP contribution in [0.4, 0.5) is 10.1 Å². The van der Waals surface area contributed by atoms with E-state index >= 15 is 0 Å². The summed E-state index contributed by atoms with van der Waals surface area (Å²) in [6, 6.07) is 4.34. The first-order valence-electron chi connectivity index (χ1n) is 2.82. The van der Waals surface area contributed by atoms with Crippen LogP contribution in [0.15, 0.2) is 22.7 Å². The molecule has 1 amide bonds. The Hall–Kier alpha value is -0.900. The second kappa shape index (κ2) is 3.48. The number of halogens is 2. The summed E-state index contributed by atoms with van der Waals surface area (Å²) in [5.41, 5.74) is 0.128. The summed E-state index contributed by atoms with van der Waals surface area (Å²) in [6.07, 6.45) is 1.39. The molecule has 0 bridgehead atoms. The van der Waals surface area contributed by atoms with Crippen LogP contribution < -0.4 is 5.32 Å². The summed E-state index contributed by atoms with van der Waals surface area (Å²) in [7, 11) is 0. The van der Waals surface area contributed by atoms with Crippen molar-refractivity contribution in [1.82, 2.24) is 0 Å². The number of hydrogen-bond donors (Lipinski definition) is 1. The Kier molecular flexibility index (Phi) is 2.59. The number of carbonyl (C=O) groups excluding carboxylic acids is 1. The lowest BCUT2D eigenvalue weighted by Gasteiger charge is -1.98. The van der Waals surface area contributed by atoms with Gasteiger partial charge in [0.15, 0.2) is 0 Å². The molecule has 1 N–H and O–H groups in total. The van der Waals surface area contributed by atoms with Crippen molar-refractivity contribution in [2.24, 2.45) is 0 Å². The molecule has 57 valence electrons. The van der Waals surface area contributed by atoms with Crippen molar-refractivity contribution >= 4 is 28.0 Å². The minimum absolute atomic E-state index is 0.128. The van der Waals surface area contributed by atoms with Gasteiger partial charge in [-0.2, -0.15) is 0 Å². The van der Waals surface area contributed by atoms with Crippen LogP contribution in [0.2, 0.25) is 0 Å². The third kappa shape index (κ3) is 2.01. The zero-order chi connectivity index (χ0) is 8.27. The van der Waals surface area contributed by atoms with E-state index in [0.717, 1.165) is 0 Å². The normalized spacial score (nSPS) is 9.27. The molecule has 0 heterocycles. The molecule has 11 heavy (non-hydrogen) atoms. The van der Waals surface area contributed by atoms with Crippen molar-refractivity contribution < 1.29 is 9.18 Å². The van der Waals surface area contributed by atoms with Crippen molar-refractivity contribution in [3.8, 4) is 0 Å². The fourth-order valence-electron chi connectivity index (χ4n) is 0.646. The van der Waals surface area contributed by atoms with Crippen LogP contribution in [0.1, 0.15) is 0 Å². The number of anilines is 1. The Bertz CT molecular complexity index is 277. The van der Waals surface area contributed by atoms with E-state index in [1.54, 1.807) is 6.07 Å². The Morgan fingerprint density at radius 1 is 1.55 bits per heavy atom. The van der Waals surface area contributed by atoms with E-state index in [0.29, 0.717) is 4.47 Å². The molecule has 0 unspecified atom stereocenters. The second-order valence-corrected chi connectivity index (χ2v) is 2.77. The average molecular weight is 217 g/mol. The van der Waals surface area contributed by atoms with Crippen LogP contribution in [0, 0.1) is 5.82 Å². The molecule has 0 aliphatic rings. The summed E-state index contributed by atoms with van der Waals surface area (Å²) >= 11 is 3.08. The molecule has 0 spiro atoms. The maximum Gasteiger partial charge on any atom is 0.314 e. The van der Waals surface area contributed by atoms with Crippen molar-refractivity contribution in [1.29, 1.82) is 0 Å². The number of nitrogens with one attached hydrogen (secondary N) is 1. The topological polar surface area (TPSA) is 29.1 Å². The summed E-state index contributed by atoms with van der Waals surface area (Å²) in [4.78, 5) is 9.80. The smallest absolute Gasteiger partial charge is 0.314 e. The van der Waals surface area contributed by atoms with Gasteiger partial charge in [0.2, 0.25) is 0 Å². The second-order valence-electron chi connectivity index (χ2n) is 1.85. The van der Waals surface area contributed by atoms with E-state index < -0.39 is 5.82 Å². The van der Waals surface area contributed by atoms with Crippen LogP contribution in [0.25, 0.3) is 0 Å². The van der Waals surface area contributed by atoms with Gasteiger partial charge >= 0.3 is 6.41 Å². The Balaban J connectivity index is 2.98. The van der Waals surface area contributed by atoms with Crippen LogP contribution >= 0.6 is 15.9 Å². The van der Waals surface area contributed by atoms with Gasteiger partial charge in [0.1, 0.15) is 5.82 Å². The molecule has 1 aromatic rings. The molecule has 4 heteroatoms. The molecular formula is C7H4BrFNO. The fourth-order valence-corrected chi connectivity index (χ4v) is 0.979. The number of amides is 1. The molecule has 1 rings (SSSR count). The van der Waals surface area contributed by atoms with E-state index in [4.69, 9.17) is 0 Å². The van der Waals surface area contributed by atoms with Crippen LogP contribution in [0.5, 0.6) is 0 Å². The third-order valence-corrected chi connectivity index (χ3v) is 1.61. The van der Waals surface area contributed by atoms with Crippen molar-refractivity contribution in [3.05, 3.63) is 28.5 Å². The summed E-state index contributed by atoms with van der Waals surface area (Å²) in [5, 5.41) is 2.10. The molecule has 0 aliphatic heterocycles. The number of benzene rings is 1. The van der Waals surface area contributed by atoms with Gasteiger partial charge in [-0.3, -0.25) is 4.79 Å². The SMILES string of the molecule is O=[C]Nc1ccc(Br)cc1F. The number of hydrogen-bond acceptors (Lipinski definition) is 1. The molecule has 1 radical (unpaired) electrons.